The van der Waals surface area contributed by atoms with E-state index in [4.69, 9.17) is 10.2 Å². The number of aliphatic hydroxyl groups is 1. The summed E-state index contributed by atoms with van der Waals surface area (Å²) in [6, 6.07) is 2.72. The number of alkyl halides is 6. The Hall–Kier alpha value is -3.54. The number of fused-ring (bicyclic) bond motifs is 1. The monoisotopic (exact) mass is 510 g/mol. The van der Waals surface area contributed by atoms with Crippen molar-refractivity contribution in [3.05, 3.63) is 54.0 Å². The van der Waals surface area contributed by atoms with E-state index in [9.17, 15) is 31.4 Å². The van der Waals surface area contributed by atoms with E-state index < -0.39 is 29.0 Å². The lowest BCUT2D eigenvalue weighted by Gasteiger charge is -2.25. The van der Waals surface area contributed by atoms with Crippen molar-refractivity contribution in [2.24, 2.45) is 0 Å². The van der Waals surface area contributed by atoms with E-state index in [0.717, 1.165) is 12.8 Å². The second-order valence-electron chi connectivity index (χ2n) is 8.88. The Morgan fingerprint density at radius 3 is 2.14 bits per heavy atom. The van der Waals surface area contributed by atoms with Crippen molar-refractivity contribution < 1.29 is 35.9 Å². The first-order valence-corrected chi connectivity index (χ1v) is 11.1. The van der Waals surface area contributed by atoms with Crippen molar-refractivity contribution in [2.45, 2.75) is 50.2 Å². The van der Waals surface area contributed by atoms with Crippen LogP contribution in [0.25, 0.3) is 33.4 Å². The topological polar surface area (TPSA) is 90.1 Å². The van der Waals surface area contributed by atoms with Crippen LogP contribution in [0, 0.1) is 0 Å². The lowest BCUT2D eigenvalue weighted by molar-refractivity contribution is -0.143. The maximum absolute atomic E-state index is 13.3. The van der Waals surface area contributed by atoms with Gasteiger partial charge in [-0.25, -0.2) is 4.98 Å². The summed E-state index contributed by atoms with van der Waals surface area (Å²) < 4.78 is 87.4. The molecule has 3 heterocycles. The van der Waals surface area contributed by atoms with Crippen LogP contribution in [-0.4, -0.2) is 26.0 Å². The van der Waals surface area contributed by atoms with Crippen LogP contribution < -0.4 is 5.73 Å². The van der Waals surface area contributed by atoms with Crippen LogP contribution in [0.1, 0.15) is 42.9 Å². The van der Waals surface area contributed by atoms with Gasteiger partial charge in [0, 0.05) is 34.5 Å². The minimum atomic E-state index is -4.99. The minimum absolute atomic E-state index is 0.0435. The van der Waals surface area contributed by atoms with Crippen molar-refractivity contribution >= 4 is 16.8 Å². The number of halogens is 6. The van der Waals surface area contributed by atoms with E-state index in [1.165, 1.54) is 12.3 Å². The normalized spacial score (nSPS) is 19.2. The van der Waals surface area contributed by atoms with Crippen LogP contribution in [0.4, 0.5) is 32.2 Å². The Morgan fingerprint density at radius 1 is 0.889 bits per heavy atom. The summed E-state index contributed by atoms with van der Waals surface area (Å²) in [5.41, 5.74) is 3.82. The highest BCUT2D eigenvalue weighted by Crippen LogP contribution is 2.42. The zero-order valence-electron chi connectivity index (χ0n) is 18.6. The summed E-state index contributed by atoms with van der Waals surface area (Å²) in [6.45, 7) is 0. The van der Waals surface area contributed by atoms with Gasteiger partial charge in [-0.15, -0.1) is 0 Å². The third kappa shape index (κ3) is 4.52. The number of hydrogen-bond acceptors (Lipinski definition) is 5. The van der Waals surface area contributed by atoms with Crippen molar-refractivity contribution in [1.82, 2.24) is 14.8 Å². The molecule has 3 N–H and O–H groups in total. The number of anilines is 1. The molecule has 0 saturated heterocycles. The summed E-state index contributed by atoms with van der Waals surface area (Å²) in [5, 5.41) is 14.5. The molecule has 1 fully saturated rings. The third-order valence-electron chi connectivity index (χ3n) is 6.41. The SMILES string of the molecule is Nc1ncc(-c2cnn([C@H]3CC[C@H](O)CC3)c2)c2cc(-c3cc(C(F)(F)F)cc(C(F)(F)F)c3)oc12. The molecule has 0 amide bonds. The molecule has 5 rings (SSSR count). The molecule has 1 aliphatic carbocycles. The number of nitrogens with two attached hydrogens (primary N) is 1. The number of rotatable bonds is 3. The third-order valence-corrected chi connectivity index (χ3v) is 6.41. The van der Waals surface area contributed by atoms with E-state index in [1.807, 2.05) is 0 Å². The predicted octanol–water partition coefficient (Wildman–Crippen LogP) is 6.45. The molecule has 1 aromatic carbocycles. The second kappa shape index (κ2) is 8.54. The molecule has 0 bridgehead atoms. The highest BCUT2D eigenvalue weighted by molar-refractivity contribution is 6.00. The minimum Gasteiger partial charge on any atom is -0.452 e. The van der Waals surface area contributed by atoms with E-state index in [1.54, 1.807) is 17.1 Å². The number of nitrogen functional groups attached to an aromatic ring is 1. The molecule has 6 nitrogen and oxygen atoms in total. The zero-order chi connectivity index (χ0) is 25.8. The van der Waals surface area contributed by atoms with E-state index in [2.05, 4.69) is 10.1 Å². The Kier molecular flexibility index (Phi) is 5.73. The fourth-order valence-corrected chi connectivity index (χ4v) is 4.51. The van der Waals surface area contributed by atoms with E-state index in [-0.39, 0.29) is 35.4 Å². The Balaban J connectivity index is 1.59. The van der Waals surface area contributed by atoms with Crippen LogP contribution >= 0.6 is 0 Å². The number of aromatic nitrogens is 3. The zero-order valence-corrected chi connectivity index (χ0v) is 18.6. The molecule has 36 heavy (non-hydrogen) atoms. The Morgan fingerprint density at radius 2 is 1.53 bits per heavy atom. The standard InChI is InChI=1S/C24H20F6N4O2/c25-23(26,27)14-5-12(6-15(7-14)24(28,29)30)20-8-18-19(10-32-22(31)21(18)36-20)13-9-33-34(11-13)16-1-3-17(35)4-2-16/h5-11,16-17,35H,1-4H2,(H2,31,32)/t16-,17-. The summed E-state index contributed by atoms with van der Waals surface area (Å²) in [7, 11) is 0. The molecule has 12 heteroatoms. The quantitative estimate of drug-likeness (QED) is 0.309. The van der Waals surface area contributed by atoms with Crippen LogP contribution in [0.15, 0.2) is 47.3 Å². The molecule has 0 spiro atoms. The number of aliphatic hydroxyl groups excluding tert-OH is 1. The molecule has 190 valence electrons. The smallest absolute Gasteiger partial charge is 0.416 e. The second-order valence-corrected chi connectivity index (χ2v) is 8.88. The summed E-state index contributed by atoms with van der Waals surface area (Å²) >= 11 is 0. The van der Waals surface area contributed by atoms with E-state index >= 15 is 0 Å². The van der Waals surface area contributed by atoms with Crippen molar-refractivity contribution in [1.29, 1.82) is 0 Å². The van der Waals surface area contributed by atoms with Gasteiger partial charge >= 0.3 is 12.4 Å². The summed E-state index contributed by atoms with van der Waals surface area (Å²) in [6.07, 6.45) is -2.63. The van der Waals surface area contributed by atoms with Gasteiger partial charge in [-0.3, -0.25) is 4.68 Å². The lowest BCUT2D eigenvalue weighted by Crippen LogP contribution is -2.21. The molecule has 1 aliphatic rings. The average Bonchev–Trinajstić information content (AvgIpc) is 3.47. The first-order valence-electron chi connectivity index (χ1n) is 11.1. The first-order chi connectivity index (χ1) is 16.9. The molecule has 1 saturated carbocycles. The van der Waals surface area contributed by atoms with Gasteiger partial charge in [0.25, 0.3) is 0 Å². The van der Waals surface area contributed by atoms with Gasteiger partial charge in [0.15, 0.2) is 11.4 Å². The van der Waals surface area contributed by atoms with Crippen LogP contribution in [-0.2, 0) is 12.4 Å². The highest BCUT2D eigenvalue weighted by Gasteiger charge is 2.37. The number of pyridine rings is 1. The molecule has 4 aromatic rings. The first kappa shape index (κ1) is 24.2. The number of hydrogen-bond donors (Lipinski definition) is 2. The largest absolute Gasteiger partial charge is 0.452 e. The maximum Gasteiger partial charge on any atom is 0.416 e. The van der Waals surface area contributed by atoms with Gasteiger partial charge in [0.1, 0.15) is 5.76 Å². The van der Waals surface area contributed by atoms with Gasteiger partial charge in [-0.05, 0) is 49.9 Å². The van der Waals surface area contributed by atoms with Crippen molar-refractivity contribution in [3.8, 4) is 22.5 Å². The van der Waals surface area contributed by atoms with Gasteiger partial charge < -0.3 is 15.3 Å². The molecule has 0 radical (unpaired) electrons. The van der Waals surface area contributed by atoms with Gasteiger partial charge in [0.05, 0.1) is 29.5 Å². The molecular weight excluding hydrogens is 490 g/mol. The Bertz CT molecular complexity index is 1380. The van der Waals surface area contributed by atoms with Crippen LogP contribution in [0.5, 0.6) is 0 Å². The summed E-state index contributed by atoms with van der Waals surface area (Å²) in [4.78, 5) is 4.09. The van der Waals surface area contributed by atoms with Crippen LogP contribution in [0.3, 0.4) is 0 Å². The summed E-state index contributed by atoms with van der Waals surface area (Å²) in [5.74, 6) is -0.270. The molecule has 3 aromatic heterocycles. The van der Waals surface area contributed by atoms with Gasteiger partial charge in [-0.1, -0.05) is 0 Å². The number of benzene rings is 1. The average molecular weight is 510 g/mol. The number of furan rings is 1. The van der Waals surface area contributed by atoms with E-state index in [0.29, 0.717) is 41.5 Å². The highest BCUT2D eigenvalue weighted by atomic mass is 19.4. The molecular formula is C24H20F6N4O2. The van der Waals surface area contributed by atoms with Crippen molar-refractivity contribution in [3.63, 3.8) is 0 Å². The van der Waals surface area contributed by atoms with Crippen LogP contribution in [0.2, 0.25) is 0 Å². The predicted molar refractivity (Wildman–Crippen MR) is 119 cm³/mol. The molecule has 0 atom stereocenters. The molecule has 0 unspecified atom stereocenters. The Labute approximate surface area is 200 Å². The fourth-order valence-electron chi connectivity index (χ4n) is 4.51. The fraction of sp³-hybridized carbons (Fsp3) is 0.333. The lowest BCUT2D eigenvalue weighted by atomic mass is 9.93. The van der Waals surface area contributed by atoms with Gasteiger partial charge in [0.2, 0.25) is 0 Å². The molecule has 0 aliphatic heterocycles. The van der Waals surface area contributed by atoms with Gasteiger partial charge in [-0.2, -0.15) is 31.4 Å². The van der Waals surface area contributed by atoms with Crippen molar-refractivity contribution in [2.75, 3.05) is 5.73 Å². The maximum atomic E-state index is 13.3. The number of nitrogens with zero attached hydrogens (tertiary/aromatic N) is 3.